The van der Waals surface area contributed by atoms with Crippen molar-refractivity contribution in [1.29, 1.82) is 0 Å². The Bertz CT molecular complexity index is 414. The molecule has 0 radical (unpaired) electrons. The van der Waals surface area contributed by atoms with Crippen molar-refractivity contribution in [3.8, 4) is 0 Å². The third kappa shape index (κ3) is 9.93. The molecule has 2 amide bonds. The highest BCUT2D eigenvalue weighted by Gasteiger charge is 2.29. The maximum atomic E-state index is 11.5. The van der Waals surface area contributed by atoms with Crippen molar-refractivity contribution in [3.05, 3.63) is 0 Å². The van der Waals surface area contributed by atoms with E-state index in [0.29, 0.717) is 19.6 Å². The molecule has 9 heteroatoms. The predicted molar refractivity (Wildman–Crippen MR) is 84.8 cm³/mol. The van der Waals surface area contributed by atoms with E-state index in [2.05, 4.69) is 15.5 Å². The number of nitrogens with one attached hydrogen (secondary N) is 3. The van der Waals surface area contributed by atoms with Gasteiger partial charge in [-0.15, -0.1) is 0 Å². The molecule has 0 rings (SSSR count). The standard InChI is InChI=1S/C13H29N3O5S/c1-6-8-14-13(17)15-21-11(7-9-20-4)12(10(2)3)16-22(5,18)19/h10-12,16H,6-9H2,1-5H3,(H2,14,15,17). The molecule has 0 aromatic rings. The number of sulfonamides is 1. The van der Waals surface area contributed by atoms with Crippen LogP contribution in [0.5, 0.6) is 0 Å². The number of carbonyl (C=O) groups is 1. The maximum Gasteiger partial charge on any atom is 0.338 e. The predicted octanol–water partition coefficient (Wildman–Crippen LogP) is 0.606. The van der Waals surface area contributed by atoms with Crippen molar-refractivity contribution in [2.24, 2.45) is 5.92 Å². The Kier molecular flexibility index (Phi) is 10.3. The summed E-state index contributed by atoms with van der Waals surface area (Å²) in [7, 11) is -1.84. The highest BCUT2D eigenvalue weighted by Crippen LogP contribution is 2.14. The molecule has 0 aromatic carbocycles. The fourth-order valence-corrected chi connectivity index (χ4v) is 2.76. The second-order valence-electron chi connectivity index (χ2n) is 5.46. The summed E-state index contributed by atoms with van der Waals surface area (Å²) in [5.41, 5.74) is 2.31. The third-order valence-electron chi connectivity index (χ3n) is 2.91. The molecule has 0 heterocycles. The monoisotopic (exact) mass is 339 g/mol. The van der Waals surface area contributed by atoms with Gasteiger partial charge in [-0.1, -0.05) is 20.8 Å². The highest BCUT2D eigenvalue weighted by molar-refractivity contribution is 7.88. The molecule has 0 spiro atoms. The minimum atomic E-state index is -3.39. The average molecular weight is 339 g/mol. The Hall–Kier alpha value is -0.900. The number of rotatable bonds is 11. The molecular weight excluding hydrogens is 310 g/mol. The first-order valence-electron chi connectivity index (χ1n) is 7.37. The number of hydroxylamine groups is 1. The van der Waals surface area contributed by atoms with E-state index in [-0.39, 0.29) is 5.92 Å². The summed E-state index contributed by atoms with van der Waals surface area (Å²) in [5.74, 6) is -0.0166. The van der Waals surface area contributed by atoms with E-state index >= 15 is 0 Å². The number of carbonyl (C=O) groups excluding carboxylic acids is 1. The first kappa shape index (κ1) is 21.1. The molecule has 0 aromatic heterocycles. The molecule has 0 fully saturated rings. The summed E-state index contributed by atoms with van der Waals surface area (Å²) in [5, 5.41) is 2.62. The van der Waals surface area contributed by atoms with Gasteiger partial charge in [-0.25, -0.2) is 23.4 Å². The van der Waals surface area contributed by atoms with Crippen LogP contribution >= 0.6 is 0 Å². The van der Waals surface area contributed by atoms with Gasteiger partial charge in [0.1, 0.15) is 6.10 Å². The number of methoxy groups -OCH3 is 1. The Morgan fingerprint density at radius 1 is 1.27 bits per heavy atom. The minimum absolute atomic E-state index is 0.0166. The third-order valence-corrected chi connectivity index (χ3v) is 3.61. The van der Waals surface area contributed by atoms with Crippen LogP contribution < -0.4 is 15.5 Å². The van der Waals surface area contributed by atoms with Crippen LogP contribution in [0.1, 0.15) is 33.6 Å². The van der Waals surface area contributed by atoms with Gasteiger partial charge in [0, 0.05) is 26.7 Å². The maximum absolute atomic E-state index is 11.5. The molecule has 0 saturated carbocycles. The highest BCUT2D eigenvalue weighted by atomic mass is 32.2. The first-order chi connectivity index (χ1) is 10.2. The van der Waals surface area contributed by atoms with Crippen molar-refractivity contribution in [3.63, 3.8) is 0 Å². The summed E-state index contributed by atoms with van der Waals surface area (Å²) in [6.45, 7) is 6.62. The van der Waals surface area contributed by atoms with Crippen molar-refractivity contribution in [2.45, 2.75) is 45.8 Å². The van der Waals surface area contributed by atoms with Crippen LogP contribution in [-0.4, -0.2) is 53.1 Å². The van der Waals surface area contributed by atoms with Gasteiger partial charge in [-0.2, -0.15) is 0 Å². The zero-order valence-corrected chi connectivity index (χ0v) is 14.8. The summed E-state index contributed by atoms with van der Waals surface area (Å²) in [6.07, 6.45) is 1.81. The molecule has 0 aliphatic heterocycles. The van der Waals surface area contributed by atoms with Gasteiger partial charge in [0.15, 0.2) is 0 Å². The van der Waals surface area contributed by atoms with Gasteiger partial charge in [-0.3, -0.25) is 4.84 Å². The van der Waals surface area contributed by atoms with E-state index in [0.717, 1.165) is 12.7 Å². The van der Waals surface area contributed by atoms with E-state index in [4.69, 9.17) is 9.57 Å². The van der Waals surface area contributed by atoms with Crippen LogP contribution in [-0.2, 0) is 19.6 Å². The lowest BCUT2D eigenvalue weighted by Crippen LogP contribution is -2.51. The van der Waals surface area contributed by atoms with Gasteiger partial charge < -0.3 is 10.1 Å². The van der Waals surface area contributed by atoms with E-state index in [1.807, 2.05) is 20.8 Å². The van der Waals surface area contributed by atoms with Crippen LogP contribution in [0.2, 0.25) is 0 Å². The molecule has 0 bridgehead atoms. The van der Waals surface area contributed by atoms with Crippen LogP contribution in [0.25, 0.3) is 0 Å². The van der Waals surface area contributed by atoms with Crippen LogP contribution in [0.4, 0.5) is 4.79 Å². The Morgan fingerprint density at radius 2 is 1.91 bits per heavy atom. The molecule has 2 atom stereocenters. The fraction of sp³-hybridized carbons (Fsp3) is 0.923. The minimum Gasteiger partial charge on any atom is -0.385 e. The van der Waals surface area contributed by atoms with Gasteiger partial charge in [0.25, 0.3) is 0 Å². The molecular formula is C13H29N3O5S. The van der Waals surface area contributed by atoms with Gasteiger partial charge in [0.2, 0.25) is 10.0 Å². The summed E-state index contributed by atoms with van der Waals surface area (Å²) in [6, 6.07) is -0.928. The largest absolute Gasteiger partial charge is 0.385 e. The Morgan fingerprint density at radius 3 is 2.36 bits per heavy atom. The first-order valence-corrected chi connectivity index (χ1v) is 9.26. The molecule has 0 aliphatic carbocycles. The zero-order valence-electron chi connectivity index (χ0n) is 14.0. The van der Waals surface area contributed by atoms with Crippen molar-refractivity contribution < 1.29 is 22.8 Å². The quantitative estimate of drug-likeness (QED) is 0.478. The fourth-order valence-electron chi connectivity index (χ4n) is 1.84. The van der Waals surface area contributed by atoms with Crippen LogP contribution in [0.3, 0.4) is 0 Å². The normalized spacial score (nSPS) is 14.6. The summed E-state index contributed by atoms with van der Waals surface area (Å²) >= 11 is 0. The van der Waals surface area contributed by atoms with Gasteiger partial charge >= 0.3 is 6.03 Å². The molecule has 22 heavy (non-hydrogen) atoms. The average Bonchev–Trinajstić information content (AvgIpc) is 2.42. The van der Waals surface area contributed by atoms with Crippen molar-refractivity contribution in [1.82, 2.24) is 15.5 Å². The van der Waals surface area contributed by atoms with E-state index in [1.54, 1.807) is 7.11 Å². The van der Waals surface area contributed by atoms with E-state index in [1.165, 1.54) is 0 Å². The second-order valence-corrected chi connectivity index (χ2v) is 7.24. The molecule has 3 N–H and O–H groups in total. The summed E-state index contributed by atoms with van der Waals surface area (Å²) in [4.78, 5) is 16.9. The lowest BCUT2D eigenvalue weighted by Gasteiger charge is -2.29. The Balaban J connectivity index is 4.78. The van der Waals surface area contributed by atoms with Gasteiger partial charge in [-0.05, 0) is 12.3 Å². The molecule has 0 aliphatic rings. The summed E-state index contributed by atoms with van der Waals surface area (Å²) < 4.78 is 30.6. The van der Waals surface area contributed by atoms with Gasteiger partial charge in [0.05, 0.1) is 12.3 Å². The number of amides is 2. The Labute approximate surface area is 133 Å². The zero-order chi connectivity index (χ0) is 17.2. The van der Waals surface area contributed by atoms with Crippen molar-refractivity contribution in [2.75, 3.05) is 26.5 Å². The molecule has 2 unspecified atom stereocenters. The van der Waals surface area contributed by atoms with E-state index < -0.39 is 28.2 Å². The second kappa shape index (κ2) is 10.8. The number of ether oxygens (including phenoxy) is 1. The number of hydrogen-bond acceptors (Lipinski definition) is 5. The van der Waals surface area contributed by atoms with E-state index in [9.17, 15) is 13.2 Å². The molecule has 132 valence electrons. The smallest absolute Gasteiger partial charge is 0.338 e. The topological polar surface area (TPSA) is 106 Å². The molecule has 8 nitrogen and oxygen atoms in total. The number of hydrogen-bond donors (Lipinski definition) is 3. The number of urea groups is 1. The lowest BCUT2D eigenvalue weighted by molar-refractivity contribution is -0.0420. The SMILES string of the molecule is CCCNC(=O)NOC(CCOC)C(NS(C)(=O)=O)C(C)C. The molecule has 0 saturated heterocycles. The van der Waals surface area contributed by atoms with Crippen molar-refractivity contribution >= 4 is 16.1 Å². The van der Waals surface area contributed by atoms with Crippen LogP contribution in [0, 0.1) is 5.92 Å². The lowest BCUT2D eigenvalue weighted by atomic mass is 9.98. The van der Waals surface area contributed by atoms with Crippen LogP contribution in [0.15, 0.2) is 0 Å².